The normalized spacial score (nSPS) is 18.2. The summed E-state index contributed by atoms with van der Waals surface area (Å²) in [6.45, 7) is 6.00. The maximum atomic E-state index is 11.1. The first-order valence-electron chi connectivity index (χ1n) is 7.13. The molecule has 1 unspecified atom stereocenters. The second kappa shape index (κ2) is 6.20. The van der Waals surface area contributed by atoms with E-state index in [0.29, 0.717) is 12.5 Å². The molecule has 0 amide bonds. The summed E-state index contributed by atoms with van der Waals surface area (Å²) in [5, 5.41) is 10.0. The molecule has 1 aromatic carbocycles. The lowest BCUT2D eigenvalue weighted by Gasteiger charge is -2.32. The summed E-state index contributed by atoms with van der Waals surface area (Å²) < 4.78 is 0. The minimum absolute atomic E-state index is 0.0760. The van der Waals surface area contributed by atoms with E-state index in [1.54, 1.807) is 6.92 Å². The lowest BCUT2D eigenvalue weighted by Crippen LogP contribution is -2.32. The van der Waals surface area contributed by atoms with Crippen LogP contribution >= 0.6 is 0 Å². The number of likely N-dealkylation sites (tertiary alicyclic amines) is 1. The minimum Gasteiger partial charge on any atom is -0.508 e. The van der Waals surface area contributed by atoms with Crippen molar-refractivity contribution in [2.24, 2.45) is 0 Å². The summed E-state index contributed by atoms with van der Waals surface area (Å²) in [6.07, 6.45) is 4.16. The smallest absolute Gasteiger partial charge is 0.134 e. The number of benzene rings is 1. The molecule has 104 valence electrons. The molecule has 0 spiro atoms. The van der Waals surface area contributed by atoms with Crippen molar-refractivity contribution in [3.8, 4) is 5.75 Å². The predicted octanol–water partition coefficient (Wildman–Crippen LogP) is 3.07. The van der Waals surface area contributed by atoms with E-state index in [-0.39, 0.29) is 11.5 Å². The number of hydrogen-bond acceptors (Lipinski definition) is 3. The van der Waals surface area contributed by atoms with E-state index in [1.165, 1.54) is 19.3 Å². The van der Waals surface area contributed by atoms with Crippen LogP contribution < -0.4 is 0 Å². The molecule has 1 N–H and O–H groups in total. The highest BCUT2D eigenvalue weighted by Gasteiger charge is 2.19. The Hall–Kier alpha value is -1.35. The quantitative estimate of drug-likeness (QED) is 0.905. The molecule has 1 aliphatic rings. The summed E-state index contributed by atoms with van der Waals surface area (Å²) in [4.78, 5) is 13.6. The second-order valence-electron chi connectivity index (χ2n) is 5.54. The van der Waals surface area contributed by atoms with Gasteiger partial charge in [-0.05, 0) is 51.4 Å². The maximum Gasteiger partial charge on any atom is 0.134 e. The number of hydrogen-bond donors (Lipinski definition) is 1. The van der Waals surface area contributed by atoms with Crippen LogP contribution in [0.3, 0.4) is 0 Å². The van der Waals surface area contributed by atoms with Crippen molar-refractivity contribution < 1.29 is 9.90 Å². The number of phenolic OH excluding ortho intramolecular Hbond substituents is 1. The topological polar surface area (TPSA) is 40.5 Å². The monoisotopic (exact) mass is 261 g/mol. The van der Waals surface area contributed by atoms with Crippen LogP contribution in [0.15, 0.2) is 18.2 Å². The third-order valence-electron chi connectivity index (χ3n) is 3.97. The highest BCUT2D eigenvalue weighted by atomic mass is 16.3. The molecule has 2 rings (SSSR count). The number of aromatic hydroxyl groups is 1. The number of carbonyl (C=O) groups excluding carboxylic acids is 1. The number of rotatable bonds is 4. The average Bonchev–Trinajstić information content (AvgIpc) is 2.41. The van der Waals surface area contributed by atoms with Gasteiger partial charge >= 0.3 is 0 Å². The second-order valence-corrected chi connectivity index (χ2v) is 5.54. The standard InChI is InChI=1S/C16H23NO2/c1-12(18)10-15-7-6-14(11-16(15)19)13(2)17-8-4-3-5-9-17/h6-7,11,13,19H,3-5,8-10H2,1-2H3. The van der Waals surface area contributed by atoms with Crippen LogP contribution in [0.4, 0.5) is 0 Å². The molecule has 0 bridgehead atoms. The number of phenols is 1. The Morgan fingerprint density at radius 1 is 1.32 bits per heavy atom. The summed E-state index contributed by atoms with van der Waals surface area (Å²) in [5.41, 5.74) is 1.86. The molecule has 1 atom stereocenters. The van der Waals surface area contributed by atoms with Gasteiger partial charge in [0.05, 0.1) is 0 Å². The maximum absolute atomic E-state index is 11.1. The Kier molecular flexibility index (Phi) is 4.59. The molecular weight excluding hydrogens is 238 g/mol. The van der Waals surface area contributed by atoms with Gasteiger partial charge < -0.3 is 5.11 Å². The number of Topliss-reactive ketones (excluding diaryl/α,β-unsaturated/α-hetero) is 1. The van der Waals surface area contributed by atoms with Gasteiger partial charge in [0.25, 0.3) is 0 Å². The van der Waals surface area contributed by atoms with Crippen molar-refractivity contribution in [3.63, 3.8) is 0 Å². The largest absolute Gasteiger partial charge is 0.508 e. The molecule has 1 saturated heterocycles. The Bertz CT molecular complexity index is 450. The molecular formula is C16H23NO2. The zero-order valence-electron chi connectivity index (χ0n) is 11.9. The SMILES string of the molecule is CC(=O)Cc1ccc(C(C)N2CCCCC2)cc1O. The average molecular weight is 261 g/mol. The fraction of sp³-hybridized carbons (Fsp3) is 0.562. The van der Waals surface area contributed by atoms with Crippen LogP contribution in [0, 0.1) is 0 Å². The summed E-state index contributed by atoms with van der Waals surface area (Å²) in [5.74, 6) is 0.323. The van der Waals surface area contributed by atoms with Crippen molar-refractivity contribution in [2.45, 2.75) is 45.6 Å². The fourth-order valence-electron chi connectivity index (χ4n) is 2.77. The van der Waals surface area contributed by atoms with Crippen molar-refractivity contribution in [1.82, 2.24) is 4.90 Å². The zero-order valence-corrected chi connectivity index (χ0v) is 11.9. The number of ketones is 1. The lowest BCUT2D eigenvalue weighted by atomic mass is 9.99. The summed E-state index contributed by atoms with van der Waals surface area (Å²) in [6, 6.07) is 6.07. The molecule has 3 heteroatoms. The van der Waals surface area contributed by atoms with Gasteiger partial charge in [0, 0.05) is 18.0 Å². The molecule has 1 aromatic rings. The number of nitrogens with zero attached hydrogens (tertiary/aromatic N) is 1. The number of carbonyl (C=O) groups is 1. The van der Waals surface area contributed by atoms with E-state index in [1.807, 2.05) is 18.2 Å². The number of piperidine rings is 1. The van der Waals surface area contributed by atoms with Crippen LogP contribution in [0.25, 0.3) is 0 Å². The summed E-state index contributed by atoms with van der Waals surface area (Å²) >= 11 is 0. The molecule has 0 radical (unpaired) electrons. The first kappa shape index (κ1) is 14.1. The van der Waals surface area contributed by atoms with Gasteiger partial charge in [-0.1, -0.05) is 18.6 Å². The van der Waals surface area contributed by atoms with Gasteiger partial charge in [-0.25, -0.2) is 0 Å². The third-order valence-corrected chi connectivity index (χ3v) is 3.97. The van der Waals surface area contributed by atoms with Crippen molar-refractivity contribution in [3.05, 3.63) is 29.3 Å². The van der Waals surface area contributed by atoms with Gasteiger partial charge in [0.2, 0.25) is 0 Å². The van der Waals surface area contributed by atoms with Gasteiger partial charge in [-0.15, -0.1) is 0 Å². The Morgan fingerprint density at radius 2 is 2.00 bits per heavy atom. The van der Waals surface area contributed by atoms with E-state index < -0.39 is 0 Å². The van der Waals surface area contributed by atoms with E-state index in [9.17, 15) is 9.90 Å². The molecule has 0 aromatic heterocycles. The molecule has 3 nitrogen and oxygen atoms in total. The highest BCUT2D eigenvalue weighted by molar-refractivity contribution is 5.78. The van der Waals surface area contributed by atoms with E-state index in [4.69, 9.17) is 0 Å². The van der Waals surface area contributed by atoms with Crippen LogP contribution in [0.1, 0.15) is 50.3 Å². The first-order valence-corrected chi connectivity index (χ1v) is 7.13. The van der Waals surface area contributed by atoms with Gasteiger partial charge in [-0.2, -0.15) is 0 Å². The Labute approximate surface area is 115 Å². The Morgan fingerprint density at radius 3 is 2.58 bits per heavy atom. The lowest BCUT2D eigenvalue weighted by molar-refractivity contribution is -0.116. The molecule has 0 saturated carbocycles. The highest BCUT2D eigenvalue weighted by Crippen LogP contribution is 2.28. The Balaban J connectivity index is 2.11. The van der Waals surface area contributed by atoms with Gasteiger partial charge in [-0.3, -0.25) is 9.69 Å². The fourth-order valence-corrected chi connectivity index (χ4v) is 2.77. The van der Waals surface area contributed by atoms with Crippen molar-refractivity contribution in [1.29, 1.82) is 0 Å². The third kappa shape index (κ3) is 3.57. The van der Waals surface area contributed by atoms with Crippen molar-refractivity contribution in [2.75, 3.05) is 13.1 Å². The first-order chi connectivity index (χ1) is 9.08. The molecule has 1 fully saturated rings. The van der Waals surface area contributed by atoms with E-state index in [0.717, 1.165) is 24.2 Å². The van der Waals surface area contributed by atoms with Gasteiger partial charge in [0.15, 0.2) is 0 Å². The molecule has 1 heterocycles. The van der Waals surface area contributed by atoms with Crippen molar-refractivity contribution >= 4 is 5.78 Å². The van der Waals surface area contributed by atoms with Crippen LogP contribution in [0.2, 0.25) is 0 Å². The molecule has 1 aliphatic heterocycles. The van der Waals surface area contributed by atoms with Crippen LogP contribution in [-0.2, 0) is 11.2 Å². The van der Waals surface area contributed by atoms with Gasteiger partial charge in [0.1, 0.15) is 11.5 Å². The minimum atomic E-state index is 0.0760. The molecule has 0 aliphatic carbocycles. The van der Waals surface area contributed by atoms with E-state index in [2.05, 4.69) is 11.8 Å². The van der Waals surface area contributed by atoms with Crippen LogP contribution in [-0.4, -0.2) is 28.9 Å². The van der Waals surface area contributed by atoms with Crippen LogP contribution in [0.5, 0.6) is 5.75 Å². The molecule has 19 heavy (non-hydrogen) atoms. The predicted molar refractivity (Wildman–Crippen MR) is 76.3 cm³/mol. The zero-order chi connectivity index (χ0) is 13.8. The summed E-state index contributed by atoms with van der Waals surface area (Å²) in [7, 11) is 0. The van der Waals surface area contributed by atoms with E-state index >= 15 is 0 Å².